The van der Waals surface area contributed by atoms with Crippen molar-refractivity contribution in [3.05, 3.63) is 18.6 Å². The highest BCUT2D eigenvalue weighted by molar-refractivity contribution is 7.99. The Morgan fingerprint density at radius 2 is 2.14 bits per heavy atom. The van der Waals surface area contributed by atoms with E-state index in [1.165, 1.54) is 6.33 Å². The van der Waals surface area contributed by atoms with Crippen molar-refractivity contribution >= 4 is 11.8 Å². The highest BCUT2D eigenvalue weighted by Crippen LogP contribution is 2.24. The second-order valence-electron chi connectivity index (χ2n) is 3.27. The first-order valence-corrected chi connectivity index (χ1v) is 5.80. The molecule has 0 saturated heterocycles. The van der Waals surface area contributed by atoms with Gasteiger partial charge in [-0.15, -0.1) is 11.8 Å². The van der Waals surface area contributed by atoms with E-state index in [9.17, 15) is 5.11 Å². The molecule has 1 heterocycles. The summed E-state index contributed by atoms with van der Waals surface area (Å²) in [6, 6.07) is 1.86. The van der Waals surface area contributed by atoms with Crippen LogP contribution >= 0.6 is 11.8 Å². The fraction of sp³-hybridized carbons (Fsp3) is 0.600. The first kappa shape index (κ1) is 11.5. The van der Waals surface area contributed by atoms with Gasteiger partial charge in [-0.2, -0.15) is 0 Å². The molecule has 0 fully saturated rings. The minimum absolute atomic E-state index is 0.560. The van der Waals surface area contributed by atoms with Gasteiger partial charge in [0.05, 0.1) is 10.6 Å². The minimum Gasteiger partial charge on any atom is -0.389 e. The number of rotatable bonds is 5. The predicted molar refractivity (Wildman–Crippen MR) is 58.3 cm³/mol. The highest BCUT2D eigenvalue weighted by atomic mass is 32.2. The molecule has 0 spiro atoms. The van der Waals surface area contributed by atoms with Gasteiger partial charge in [-0.05, 0) is 18.9 Å². The number of aliphatic hydroxyl groups is 1. The Labute approximate surface area is 89.0 Å². The van der Waals surface area contributed by atoms with Crippen molar-refractivity contribution in [2.45, 2.75) is 37.3 Å². The lowest BCUT2D eigenvalue weighted by molar-refractivity contribution is 0.0571. The molecule has 1 aromatic rings. The average molecular weight is 212 g/mol. The molecule has 0 aliphatic rings. The SMILES string of the molecule is CCC(O)(CC)CSc1ccncn1. The summed E-state index contributed by atoms with van der Waals surface area (Å²) in [5.74, 6) is 0.691. The van der Waals surface area contributed by atoms with Crippen LogP contribution < -0.4 is 0 Å². The number of thioether (sulfide) groups is 1. The summed E-state index contributed by atoms with van der Waals surface area (Å²) in [4.78, 5) is 7.93. The second kappa shape index (κ2) is 5.32. The molecule has 4 heteroatoms. The first-order chi connectivity index (χ1) is 6.70. The molecule has 0 aliphatic carbocycles. The largest absolute Gasteiger partial charge is 0.389 e. The third-order valence-corrected chi connectivity index (χ3v) is 3.58. The lowest BCUT2D eigenvalue weighted by Gasteiger charge is -2.24. The zero-order valence-corrected chi connectivity index (χ0v) is 9.42. The zero-order valence-electron chi connectivity index (χ0n) is 8.60. The van der Waals surface area contributed by atoms with Crippen LogP contribution in [0.1, 0.15) is 26.7 Å². The maximum Gasteiger partial charge on any atom is 0.116 e. The maximum absolute atomic E-state index is 10.0. The van der Waals surface area contributed by atoms with Crippen molar-refractivity contribution in [1.82, 2.24) is 9.97 Å². The standard InChI is InChI=1S/C10H16N2OS/c1-3-10(13,4-2)7-14-9-5-6-11-8-12-9/h5-6,8,13H,3-4,7H2,1-2H3. The molecule has 3 nitrogen and oxygen atoms in total. The van der Waals surface area contributed by atoms with E-state index in [1.54, 1.807) is 18.0 Å². The molecular weight excluding hydrogens is 196 g/mol. The maximum atomic E-state index is 10.0. The van der Waals surface area contributed by atoms with Crippen LogP contribution in [0.15, 0.2) is 23.6 Å². The Kier molecular flexibility index (Phi) is 4.35. The fourth-order valence-corrected chi connectivity index (χ4v) is 2.13. The van der Waals surface area contributed by atoms with Gasteiger partial charge in [-0.25, -0.2) is 9.97 Å². The van der Waals surface area contributed by atoms with Gasteiger partial charge in [0.15, 0.2) is 0 Å². The van der Waals surface area contributed by atoms with E-state index in [0.717, 1.165) is 17.9 Å². The number of nitrogens with zero attached hydrogens (tertiary/aromatic N) is 2. The lowest BCUT2D eigenvalue weighted by Crippen LogP contribution is -2.29. The van der Waals surface area contributed by atoms with Crippen LogP contribution in [-0.4, -0.2) is 26.4 Å². The van der Waals surface area contributed by atoms with Crippen molar-refractivity contribution in [1.29, 1.82) is 0 Å². The van der Waals surface area contributed by atoms with Crippen molar-refractivity contribution in [3.8, 4) is 0 Å². The predicted octanol–water partition coefficient (Wildman–Crippen LogP) is 2.12. The van der Waals surface area contributed by atoms with E-state index >= 15 is 0 Å². The van der Waals surface area contributed by atoms with Crippen LogP contribution in [0.2, 0.25) is 0 Å². The summed E-state index contributed by atoms with van der Waals surface area (Å²) in [6.07, 6.45) is 4.80. The van der Waals surface area contributed by atoms with Crippen molar-refractivity contribution in [2.75, 3.05) is 5.75 Å². The summed E-state index contributed by atoms with van der Waals surface area (Å²) in [5.41, 5.74) is -0.560. The molecule has 1 aromatic heterocycles. The van der Waals surface area contributed by atoms with Crippen LogP contribution in [0.5, 0.6) is 0 Å². The molecule has 0 aromatic carbocycles. The van der Waals surface area contributed by atoms with E-state index in [-0.39, 0.29) is 0 Å². The minimum atomic E-state index is -0.560. The summed E-state index contributed by atoms with van der Waals surface area (Å²) in [7, 11) is 0. The molecule has 0 atom stereocenters. The van der Waals surface area contributed by atoms with Gasteiger partial charge in [-0.1, -0.05) is 13.8 Å². The van der Waals surface area contributed by atoms with Crippen molar-refractivity contribution in [2.24, 2.45) is 0 Å². The average Bonchev–Trinajstić information content (AvgIpc) is 2.27. The van der Waals surface area contributed by atoms with Crippen molar-refractivity contribution < 1.29 is 5.11 Å². The molecule has 1 rings (SSSR count). The Morgan fingerprint density at radius 1 is 1.43 bits per heavy atom. The third kappa shape index (κ3) is 3.27. The van der Waals surface area contributed by atoms with Gasteiger partial charge in [-0.3, -0.25) is 0 Å². The Hall–Kier alpha value is -0.610. The molecule has 0 unspecified atom stereocenters. The summed E-state index contributed by atoms with van der Waals surface area (Å²) < 4.78 is 0. The van der Waals surface area contributed by atoms with Gasteiger partial charge in [0.1, 0.15) is 6.33 Å². The fourth-order valence-electron chi connectivity index (χ4n) is 1.03. The quantitative estimate of drug-likeness (QED) is 0.600. The van der Waals surface area contributed by atoms with Crippen LogP contribution in [-0.2, 0) is 0 Å². The molecule has 0 amide bonds. The van der Waals surface area contributed by atoms with Crippen molar-refractivity contribution in [3.63, 3.8) is 0 Å². The molecule has 0 radical (unpaired) electrons. The topological polar surface area (TPSA) is 46.0 Å². The molecule has 0 aliphatic heterocycles. The highest BCUT2D eigenvalue weighted by Gasteiger charge is 2.22. The monoisotopic (exact) mass is 212 g/mol. The van der Waals surface area contributed by atoms with Crippen LogP contribution in [0, 0.1) is 0 Å². The lowest BCUT2D eigenvalue weighted by atomic mass is 10.0. The van der Waals surface area contributed by atoms with E-state index < -0.39 is 5.60 Å². The first-order valence-electron chi connectivity index (χ1n) is 4.81. The second-order valence-corrected chi connectivity index (χ2v) is 4.26. The molecule has 0 bridgehead atoms. The molecular formula is C10H16N2OS. The summed E-state index contributed by atoms with van der Waals surface area (Å²) in [5, 5.41) is 10.9. The normalized spacial score (nSPS) is 11.6. The number of hydrogen-bond acceptors (Lipinski definition) is 4. The van der Waals surface area contributed by atoms with Crippen LogP contribution in [0.4, 0.5) is 0 Å². The summed E-state index contributed by atoms with van der Waals surface area (Å²) >= 11 is 1.58. The summed E-state index contributed by atoms with van der Waals surface area (Å²) in [6.45, 7) is 4.01. The Bertz CT molecular complexity index is 262. The van der Waals surface area contributed by atoms with E-state index in [1.807, 2.05) is 19.9 Å². The Balaban J connectivity index is 2.48. The van der Waals surface area contributed by atoms with Crippen LogP contribution in [0.3, 0.4) is 0 Å². The smallest absolute Gasteiger partial charge is 0.116 e. The molecule has 0 saturated carbocycles. The Morgan fingerprint density at radius 3 is 2.64 bits per heavy atom. The van der Waals surface area contributed by atoms with Gasteiger partial charge in [0.25, 0.3) is 0 Å². The number of hydrogen-bond donors (Lipinski definition) is 1. The van der Waals surface area contributed by atoms with Gasteiger partial charge >= 0.3 is 0 Å². The van der Waals surface area contributed by atoms with E-state index in [0.29, 0.717) is 5.75 Å². The number of aromatic nitrogens is 2. The van der Waals surface area contributed by atoms with E-state index in [2.05, 4.69) is 9.97 Å². The van der Waals surface area contributed by atoms with E-state index in [4.69, 9.17) is 0 Å². The third-order valence-electron chi connectivity index (χ3n) is 2.36. The van der Waals surface area contributed by atoms with Gasteiger partial charge in [0, 0.05) is 11.9 Å². The zero-order chi connectivity index (χ0) is 10.4. The van der Waals surface area contributed by atoms with Gasteiger partial charge < -0.3 is 5.11 Å². The molecule has 1 N–H and O–H groups in total. The molecule has 14 heavy (non-hydrogen) atoms. The molecule has 78 valence electrons. The van der Waals surface area contributed by atoms with Gasteiger partial charge in [0.2, 0.25) is 0 Å². The van der Waals surface area contributed by atoms with Crippen LogP contribution in [0.25, 0.3) is 0 Å².